The second-order valence-corrected chi connectivity index (χ2v) is 3.27. The summed E-state index contributed by atoms with van der Waals surface area (Å²) in [7, 11) is 0. The van der Waals surface area contributed by atoms with Gasteiger partial charge in [-0.1, -0.05) is 27.7 Å². The molecule has 0 atom stereocenters. The van der Waals surface area contributed by atoms with Crippen molar-refractivity contribution in [2.75, 3.05) is 26.3 Å². The highest BCUT2D eigenvalue weighted by atomic mass is 16.7. The van der Waals surface area contributed by atoms with Crippen LogP contribution in [0.3, 0.4) is 0 Å². The Hall–Kier alpha value is -0.120. The van der Waals surface area contributed by atoms with E-state index in [2.05, 4.69) is 32.6 Å². The van der Waals surface area contributed by atoms with E-state index in [1.54, 1.807) is 0 Å². The van der Waals surface area contributed by atoms with Crippen molar-refractivity contribution >= 4 is 0 Å². The van der Waals surface area contributed by atoms with Crippen LogP contribution in [-0.4, -0.2) is 37.6 Å². The van der Waals surface area contributed by atoms with E-state index < -0.39 is 0 Å². The highest BCUT2D eigenvalue weighted by Gasteiger charge is 2.15. The molecule has 0 amide bonds. The minimum atomic E-state index is -0.148. The lowest BCUT2D eigenvalue weighted by atomic mass is 10.5. The number of nitrogens with zero attached hydrogens (tertiary/aromatic N) is 1. The summed E-state index contributed by atoms with van der Waals surface area (Å²) in [5.41, 5.74) is 0. The lowest BCUT2D eigenvalue weighted by Crippen LogP contribution is -2.39. The topological polar surface area (TPSA) is 21.7 Å². The van der Waals surface area contributed by atoms with Crippen molar-refractivity contribution in [3.8, 4) is 0 Å². The first-order chi connectivity index (χ1) is 6.79. The lowest BCUT2D eigenvalue weighted by molar-refractivity contribution is -0.222. The zero-order chi connectivity index (χ0) is 10.8. The molecule has 0 fully saturated rings. The number of ether oxygens (including phenoxy) is 2. The van der Waals surface area contributed by atoms with E-state index in [1.165, 1.54) is 0 Å². The van der Waals surface area contributed by atoms with Gasteiger partial charge < -0.3 is 9.47 Å². The molecule has 0 aliphatic carbocycles. The highest BCUT2D eigenvalue weighted by molar-refractivity contribution is 4.50. The molecule has 0 saturated heterocycles. The molecule has 86 valence electrons. The molecule has 0 aromatic carbocycles. The Morgan fingerprint density at radius 2 is 1.29 bits per heavy atom. The van der Waals surface area contributed by atoms with Gasteiger partial charge in [0.2, 0.25) is 6.41 Å². The smallest absolute Gasteiger partial charge is 0.218 e. The molecular weight excluding hydrogens is 178 g/mol. The first-order valence-electron chi connectivity index (χ1n) is 5.77. The fraction of sp³-hybridized carbons (Fsp3) is 1.00. The summed E-state index contributed by atoms with van der Waals surface area (Å²) in [6.07, 6.45) is 1.92. The third-order valence-electron chi connectivity index (χ3n) is 2.04. The van der Waals surface area contributed by atoms with Crippen LogP contribution in [0.4, 0.5) is 0 Å². The van der Waals surface area contributed by atoms with Crippen molar-refractivity contribution in [2.24, 2.45) is 0 Å². The van der Waals surface area contributed by atoms with Crippen molar-refractivity contribution in [3.63, 3.8) is 0 Å². The first kappa shape index (κ1) is 13.9. The summed E-state index contributed by atoms with van der Waals surface area (Å²) in [5.74, 6) is 0. The van der Waals surface area contributed by atoms with E-state index in [9.17, 15) is 0 Å². The summed E-state index contributed by atoms with van der Waals surface area (Å²) >= 11 is 0. The largest absolute Gasteiger partial charge is 0.340 e. The van der Waals surface area contributed by atoms with E-state index in [4.69, 9.17) is 9.47 Å². The number of hydrogen-bond acceptors (Lipinski definition) is 3. The maximum absolute atomic E-state index is 5.64. The quantitative estimate of drug-likeness (QED) is 0.537. The molecule has 0 unspecified atom stereocenters. The Bertz CT molecular complexity index is 108. The third kappa shape index (κ3) is 5.58. The van der Waals surface area contributed by atoms with Crippen molar-refractivity contribution in [2.45, 2.75) is 47.0 Å². The summed E-state index contributed by atoms with van der Waals surface area (Å²) < 4.78 is 11.3. The molecule has 14 heavy (non-hydrogen) atoms. The van der Waals surface area contributed by atoms with E-state index in [1.807, 2.05) is 0 Å². The van der Waals surface area contributed by atoms with Crippen LogP contribution < -0.4 is 0 Å². The molecule has 0 radical (unpaired) electrons. The van der Waals surface area contributed by atoms with Gasteiger partial charge >= 0.3 is 0 Å². The highest BCUT2D eigenvalue weighted by Crippen LogP contribution is 2.04. The van der Waals surface area contributed by atoms with E-state index in [-0.39, 0.29) is 6.41 Å². The van der Waals surface area contributed by atoms with Gasteiger partial charge in [-0.3, -0.25) is 4.90 Å². The molecule has 3 nitrogen and oxygen atoms in total. The van der Waals surface area contributed by atoms with Crippen LogP contribution in [0.15, 0.2) is 0 Å². The minimum absolute atomic E-state index is 0.148. The Balaban J connectivity index is 3.92. The molecule has 0 aliphatic rings. The molecule has 0 bridgehead atoms. The average molecular weight is 203 g/mol. The molecule has 0 heterocycles. The van der Waals surface area contributed by atoms with Crippen LogP contribution in [0.2, 0.25) is 0 Å². The fourth-order valence-corrected chi connectivity index (χ4v) is 1.22. The summed E-state index contributed by atoms with van der Waals surface area (Å²) in [6, 6.07) is 0. The normalized spacial score (nSPS) is 11.6. The lowest BCUT2D eigenvalue weighted by Gasteiger charge is -2.28. The van der Waals surface area contributed by atoms with Gasteiger partial charge in [-0.15, -0.1) is 0 Å². The summed E-state index contributed by atoms with van der Waals surface area (Å²) in [6.45, 7) is 11.9. The third-order valence-corrected chi connectivity index (χ3v) is 2.04. The van der Waals surface area contributed by atoms with Gasteiger partial charge in [0.1, 0.15) is 0 Å². The van der Waals surface area contributed by atoms with Gasteiger partial charge in [0.05, 0.1) is 13.2 Å². The molecule has 0 aromatic rings. The minimum Gasteiger partial charge on any atom is -0.340 e. The van der Waals surface area contributed by atoms with Crippen LogP contribution in [-0.2, 0) is 9.47 Å². The van der Waals surface area contributed by atoms with Crippen molar-refractivity contribution < 1.29 is 9.47 Å². The second-order valence-electron chi connectivity index (χ2n) is 3.27. The first-order valence-corrected chi connectivity index (χ1v) is 5.77. The molecule has 3 heteroatoms. The van der Waals surface area contributed by atoms with Gasteiger partial charge in [-0.25, -0.2) is 0 Å². The number of hydrogen-bond donors (Lipinski definition) is 0. The van der Waals surface area contributed by atoms with Gasteiger partial charge in [0.25, 0.3) is 0 Å². The molecule has 0 spiro atoms. The Labute approximate surface area is 88.4 Å². The second kappa shape index (κ2) is 9.44. The van der Waals surface area contributed by atoms with Crippen molar-refractivity contribution in [1.82, 2.24) is 4.90 Å². The molecule has 0 saturated carbocycles. The monoisotopic (exact) mass is 203 g/mol. The molecule has 0 rings (SSSR count). The molecule has 0 aliphatic heterocycles. The van der Waals surface area contributed by atoms with Crippen LogP contribution >= 0.6 is 0 Å². The van der Waals surface area contributed by atoms with Crippen LogP contribution in [0.25, 0.3) is 0 Å². The van der Waals surface area contributed by atoms with Gasteiger partial charge in [0, 0.05) is 0 Å². The fourth-order valence-electron chi connectivity index (χ4n) is 1.22. The zero-order valence-electron chi connectivity index (χ0n) is 10.1. The molecule has 0 N–H and O–H groups in total. The van der Waals surface area contributed by atoms with Crippen LogP contribution in [0.5, 0.6) is 0 Å². The van der Waals surface area contributed by atoms with Gasteiger partial charge in [-0.2, -0.15) is 0 Å². The average Bonchev–Trinajstić information content (AvgIpc) is 2.22. The van der Waals surface area contributed by atoms with Crippen molar-refractivity contribution in [3.05, 3.63) is 0 Å². The van der Waals surface area contributed by atoms with Crippen molar-refractivity contribution in [1.29, 1.82) is 0 Å². The Kier molecular flexibility index (Phi) is 9.35. The zero-order valence-corrected chi connectivity index (χ0v) is 10.1. The Morgan fingerprint density at radius 1 is 0.857 bits per heavy atom. The Morgan fingerprint density at radius 3 is 1.57 bits per heavy atom. The molecule has 0 aromatic heterocycles. The maximum atomic E-state index is 5.64. The SMILES string of the molecule is CCCOC(OCCC)N(CC)CC. The van der Waals surface area contributed by atoms with Crippen LogP contribution in [0, 0.1) is 0 Å². The van der Waals surface area contributed by atoms with E-state index >= 15 is 0 Å². The molecular formula is C11H25NO2. The van der Waals surface area contributed by atoms with Crippen LogP contribution in [0.1, 0.15) is 40.5 Å². The van der Waals surface area contributed by atoms with E-state index in [0.717, 1.165) is 39.1 Å². The van der Waals surface area contributed by atoms with E-state index in [0.29, 0.717) is 0 Å². The maximum Gasteiger partial charge on any atom is 0.218 e. The summed E-state index contributed by atoms with van der Waals surface area (Å²) in [5, 5.41) is 0. The number of rotatable bonds is 9. The van der Waals surface area contributed by atoms with Gasteiger partial charge in [0.15, 0.2) is 0 Å². The standard InChI is InChI=1S/C11H25NO2/c1-5-9-13-11(14-10-6-2)12(7-3)8-4/h11H,5-10H2,1-4H3. The van der Waals surface area contributed by atoms with Gasteiger partial charge in [-0.05, 0) is 25.9 Å². The predicted octanol–water partition coefficient (Wildman–Crippen LogP) is 2.47. The predicted molar refractivity (Wildman–Crippen MR) is 59.2 cm³/mol. The summed E-state index contributed by atoms with van der Waals surface area (Å²) in [4.78, 5) is 2.19.